The fraction of sp³-hybridized carbons (Fsp3) is 0.419. The number of benzene rings is 3. The van der Waals surface area contributed by atoms with E-state index in [9.17, 15) is 10.2 Å². The third-order valence-electron chi connectivity index (χ3n) is 7.83. The molecule has 0 unspecified atom stereocenters. The summed E-state index contributed by atoms with van der Waals surface area (Å²) in [5, 5.41) is 21.2. The molecular weight excluding hydrogens is 448 g/mol. The molecule has 5 heteroatoms. The Kier molecular flexibility index (Phi) is 7.66. The molecule has 1 aliphatic carbocycles. The van der Waals surface area contributed by atoms with Gasteiger partial charge in [-0.1, -0.05) is 30.7 Å². The van der Waals surface area contributed by atoms with Gasteiger partial charge in [0.15, 0.2) is 0 Å². The summed E-state index contributed by atoms with van der Waals surface area (Å²) in [4.78, 5) is 2.48. The van der Waals surface area contributed by atoms with Gasteiger partial charge in [0.25, 0.3) is 0 Å². The van der Waals surface area contributed by atoms with Crippen LogP contribution in [0.2, 0.25) is 0 Å². The smallest absolute Gasteiger partial charge is 0.138 e. The monoisotopic (exact) mass is 486 g/mol. The van der Waals surface area contributed by atoms with E-state index in [1.165, 1.54) is 55.5 Å². The molecular formula is C31H38N2O3. The molecule has 2 aliphatic rings. The molecule has 0 bridgehead atoms. The summed E-state index contributed by atoms with van der Waals surface area (Å²) in [6.45, 7) is 4.07. The van der Waals surface area contributed by atoms with Gasteiger partial charge in [-0.15, -0.1) is 0 Å². The van der Waals surface area contributed by atoms with Crippen LogP contribution < -0.4 is 10.5 Å². The lowest BCUT2D eigenvalue weighted by Crippen LogP contribution is -2.33. The zero-order valence-electron chi connectivity index (χ0n) is 21.1. The molecule has 3 aromatic carbocycles. The van der Waals surface area contributed by atoms with E-state index in [4.69, 9.17) is 10.5 Å². The Balaban J connectivity index is 1.29. The molecule has 0 radical (unpaired) electrons. The number of hydrogen-bond acceptors (Lipinski definition) is 5. The van der Waals surface area contributed by atoms with Crippen LogP contribution >= 0.6 is 0 Å². The normalized spacial score (nSPS) is 16.0. The Bertz CT molecular complexity index is 1180. The summed E-state index contributed by atoms with van der Waals surface area (Å²) in [6.07, 6.45) is 9.70. The maximum absolute atomic E-state index is 10.9. The summed E-state index contributed by atoms with van der Waals surface area (Å²) in [5.74, 6) is 1.28. The van der Waals surface area contributed by atoms with Crippen molar-refractivity contribution in [2.45, 2.75) is 57.8 Å². The number of rotatable bonds is 8. The molecule has 3 aromatic rings. The zero-order valence-corrected chi connectivity index (χ0v) is 21.1. The highest BCUT2D eigenvalue weighted by Crippen LogP contribution is 2.43. The van der Waals surface area contributed by atoms with Crippen molar-refractivity contribution in [3.8, 4) is 28.4 Å². The molecule has 0 atom stereocenters. The summed E-state index contributed by atoms with van der Waals surface area (Å²) in [7, 11) is 0. The minimum absolute atomic E-state index is 0.0930. The van der Waals surface area contributed by atoms with Crippen molar-refractivity contribution in [2.24, 2.45) is 0 Å². The van der Waals surface area contributed by atoms with E-state index < -0.39 is 0 Å². The van der Waals surface area contributed by atoms with Gasteiger partial charge >= 0.3 is 0 Å². The van der Waals surface area contributed by atoms with Gasteiger partial charge in [0.1, 0.15) is 23.9 Å². The van der Waals surface area contributed by atoms with E-state index in [1.54, 1.807) is 12.1 Å². The van der Waals surface area contributed by atoms with E-state index in [-0.39, 0.29) is 11.5 Å². The number of hydrogen-bond donors (Lipinski definition) is 3. The van der Waals surface area contributed by atoms with E-state index in [0.29, 0.717) is 18.7 Å². The number of aromatic hydroxyl groups is 2. The number of nitrogens with zero attached hydrogens (tertiary/aromatic N) is 1. The van der Waals surface area contributed by atoms with E-state index >= 15 is 0 Å². The highest BCUT2D eigenvalue weighted by molar-refractivity contribution is 5.82. The molecule has 0 amide bonds. The van der Waals surface area contributed by atoms with Crippen molar-refractivity contribution in [3.63, 3.8) is 0 Å². The van der Waals surface area contributed by atoms with Crippen LogP contribution in [0.5, 0.6) is 17.2 Å². The Labute approximate surface area is 214 Å². The van der Waals surface area contributed by atoms with Crippen LogP contribution in [0.1, 0.15) is 54.4 Å². The van der Waals surface area contributed by atoms with Gasteiger partial charge in [0, 0.05) is 12.1 Å². The number of nitrogens with two attached hydrogens (primary N) is 1. The second-order valence-electron chi connectivity index (χ2n) is 10.2. The maximum atomic E-state index is 10.9. The largest absolute Gasteiger partial charge is 0.507 e. The standard InChI is InChI=1S/C31H38N2O3/c32-31-27(14-10-22-8-12-24(13-9-22)36-21-20-33-18-4-1-5-19-33)26(15-17-29(31)35)30-25-7-3-2-6-23(25)11-16-28(30)34/h8-9,11-13,15-17,34-35H,1-7,10,14,18-21,32H2. The van der Waals surface area contributed by atoms with Crippen LogP contribution in [0.15, 0.2) is 48.5 Å². The molecule has 0 saturated carbocycles. The number of nitrogen functional groups attached to an aromatic ring is 1. The highest BCUT2D eigenvalue weighted by atomic mass is 16.5. The van der Waals surface area contributed by atoms with Gasteiger partial charge in [-0.25, -0.2) is 0 Å². The maximum Gasteiger partial charge on any atom is 0.138 e. The summed E-state index contributed by atoms with van der Waals surface area (Å²) < 4.78 is 5.98. The zero-order chi connectivity index (χ0) is 24.9. The molecule has 5 rings (SSSR count). The average Bonchev–Trinajstić information content (AvgIpc) is 2.91. The molecule has 5 nitrogen and oxygen atoms in total. The van der Waals surface area contributed by atoms with Crippen LogP contribution in [0, 0.1) is 0 Å². The number of fused-ring (bicyclic) bond motifs is 1. The topological polar surface area (TPSA) is 79.0 Å². The number of ether oxygens (including phenoxy) is 1. The highest BCUT2D eigenvalue weighted by Gasteiger charge is 2.21. The predicted octanol–water partition coefficient (Wildman–Crippen LogP) is 5.88. The molecule has 1 fully saturated rings. The van der Waals surface area contributed by atoms with Crippen molar-refractivity contribution in [1.29, 1.82) is 0 Å². The molecule has 190 valence electrons. The lowest BCUT2D eigenvalue weighted by molar-refractivity contribution is 0.183. The Morgan fingerprint density at radius 3 is 2.33 bits per heavy atom. The Hall–Kier alpha value is -3.18. The Morgan fingerprint density at radius 1 is 0.778 bits per heavy atom. The number of phenolic OH excluding ortho intramolecular Hbond substituents is 2. The second kappa shape index (κ2) is 11.3. The van der Waals surface area contributed by atoms with Crippen LogP contribution in [0.25, 0.3) is 11.1 Å². The van der Waals surface area contributed by atoms with Crippen LogP contribution in [0.3, 0.4) is 0 Å². The van der Waals surface area contributed by atoms with Crippen molar-refractivity contribution in [1.82, 2.24) is 4.90 Å². The van der Waals surface area contributed by atoms with Gasteiger partial charge in [-0.05, 0) is 117 Å². The lowest BCUT2D eigenvalue weighted by Gasteiger charge is -2.26. The predicted molar refractivity (Wildman–Crippen MR) is 146 cm³/mol. The van der Waals surface area contributed by atoms with Crippen LogP contribution in [-0.2, 0) is 25.7 Å². The first-order chi connectivity index (χ1) is 17.6. The summed E-state index contributed by atoms with van der Waals surface area (Å²) in [6, 6.07) is 15.7. The summed E-state index contributed by atoms with van der Waals surface area (Å²) >= 11 is 0. The van der Waals surface area contributed by atoms with Crippen molar-refractivity contribution < 1.29 is 14.9 Å². The molecule has 4 N–H and O–H groups in total. The van der Waals surface area contributed by atoms with E-state index in [2.05, 4.69) is 17.0 Å². The average molecular weight is 487 g/mol. The fourth-order valence-electron chi connectivity index (χ4n) is 5.77. The van der Waals surface area contributed by atoms with Gasteiger partial charge < -0.3 is 20.7 Å². The summed E-state index contributed by atoms with van der Waals surface area (Å²) in [5.41, 5.74) is 13.2. The number of aryl methyl sites for hydroxylation is 2. The van der Waals surface area contributed by atoms with E-state index in [0.717, 1.165) is 54.7 Å². The Morgan fingerprint density at radius 2 is 1.53 bits per heavy atom. The lowest BCUT2D eigenvalue weighted by atomic mass is 9.83. The first-order valence-corrected chi connectivity index (χ1v) is 13.5. The number of piperidine rings is 1. The van der Waals surface area contributed by atoms with Crippen LogP contribution in [-0.4, -0.2) is 41.4 Å². The molecule has 1 heterocycles. The minimum atomic E-state index is 0.0930. The number of anilines is 1. The molecule has 1 aliphatic heterocycles. The van der Waals surface area contributed by atoms with Crippen molar-refractivity contribution in [2.75, 3.05) is 32.0 Å². The SMILES string of the molecule is Nc1c(O)ccc(-c2c(O)ccc3c2CCCC3)c1CCc1ccc(OCCN2CCCCC2)cc1. The molecule has 0 spiro atoms. The van der Waals surface area contributed by atoms with Crippen molar-refractivity contribution in [3.05, 3.63) is 70.8 Å². The minimum Gasteiger partial charge on any atom is -0.507 e. The molecule has 36 heavy (non-hydrogen) atoms. The quantitative estimate of drug-likeness (QED) is 0.274. The first kappa shape index (κ1) is 24.5. The van der Waals surface area contributed by atoms with Gasteiger partial charge in [-0.3, -0.25) is 4.90 Å². The number of phenols is 2. The van der Waals surface area contributed by atoms with Crippen molar-refractivity contribution >= 4 is 5.69 Å². The first-order valence-electron chi connectivity index (χ1n) is 13.5. The van der Waals surface area contributed by atoms with Crippen LogP contribution in [0.4, 0.5) is 5.69 Å². The second-order valence-corrected chi connectivity index (χ2v) is 10.2. The van der Waals surface area contributed by atoms with Gasteiger partial charge in [0.2, 0.25) is 0 Å². The molecule has 0 aromatic heterocycles. The van der Waals surface area contributed by atoms with E-state index in [1.807, 2.05) is 24.3 Å². The fourth-order valence-corrected chi connectivity index (χ4v) is 5.77. The third kappa shape index (κ3) is 5.46. The van der Waals surface area contributed by atoms with Gasteiger partial charge in [0.05, 0.1) is 5.69 Å². The third-order valence-corrected chi connectivity index (χ3v) is 7.83. The number of likely N-dealkylation sites (tertiary alicyclic amines) is 1. The van der Waals surface area contributed by atoms with Gasteiger partial charge in [-0.2, -0.15) is 0 Å². The molecule has 1 saturated heterocycles.